The van der Waals surface area contributed by atoms with Gasteiger partial charge in [-0.1, -0.05) is 42.5 Å². The first-order valence-electron chi connectivity index (χ1n) is 7.79. The molecule has 25 heavy (non-hydrogen) atoms. The van der Waals surface area contributed by atoms with Crippen molar-refractivity contribution in [2.45, 2.75) is 13.2 Å². The molecule has 0 fully saturated rings. The van der Waals surface area contributed by atoms with Crippen molar-refractivity contribution >= 4 is 11.7 Å². The highest BCUT2D eigenvalue weighted by Crippen LogP contribution is 2.10. The van der Waals surface area contributed by atoms with E-state index in [4.69, 9.17) is 0 Å². The molecule has 0 atom stereocenters. The third kappa shape index (κ3) is 3.81. The van der Waals surface area contributed by atoms with Crippen LogP contribution in [-0.4, -0.2) is 26.6 Å². The van der Waals surface area contributed by atoms with Crippen molar-refractivity contribution < 1.29 is 14.7 Å². The maximum absolute atomic E-state index is 12.3. The van der Waals surface area contributed by atoms with Crippen molar-refractivity contribution in [1.29, 1.82) is 0 Å². The Morgan fingerprint density at radius 2 is 1.68 bits per heavy atom. The number of aromatic nitrogens is 2. The standard InChI is InChI=1S/C19H17N3O3/c23-13-15-7-5-4-6-14(15)10-20-19(25)18(24)16-11-21-22(12-16)17-8-2-1-3-9-17/h1-9,11-12,23H,10,13H2,(H,20,25). The molecule has 1 amide bonds. The van der Waals surface area contributed by atoms with Gasteiger partial charge in [0.15, 0.2) is 0 Å². The first-order chi connectivity index (χ1) is 12.2. The maximum Gasteiger partial charge on any atom is 0.292 e. The smallest absolute Gasteiger partial charge is 0.292 e. The molecule has 0 aliphatic rings. The number of nitrogens with one attached hydrogen (secondary N) is 1. The van der Waals surface area contributed by atoms with E-state index in [0.717, 1.165) is 11.3 Å². The zero-order valence-electron chi connectivity index (χ0n) is 13.4. The molecule has 2 N–H and O–H groups in total. The lowest BCUT2D eigenvalue weighted by Crippen LogP contribution is -2.30. The van der Waals surface area contributed by atoms with Gasteiger partial charge in [-0.3, -0.25) is 9.59 Å². The van der Waals surface area contributed by atoms with E-state index in [9.17, 15) is 14.7 Å². The van der Waals surface area contributed by atoms with E-state index >= 15 is 0 Å². The average molecular weight is 335 g/mol. The minimum absolute atomic E-state index is 0.121. The average Bonchev–Trinajstić information content (AvgIpc) is 3.16. The fraction of sp³-hybridized carbons (Fsp3) is 0.105. The lowest BCUT2D eigenvalue weighted by Gasteiger charge is -2.08. The second kappa shape index (κ2) is 7.55. The summed E-state index contributed by atoms with van der Waals surface area (Å²) < 4.78 is 1.54. The molecule has 3 aromatic rings. The number of carbonyl (C=O) groups is 2. The molecule has 126 valence electrons. The molecule has 0 saturated heterocycles. The molecule has 3 rings (SSSR count). The van der Waals surface area contributed by atoms with E-state index < -0.39 is 11.7 Å². The van der Waals surface area contributed by atoms with Gasteiger partial charge in [0.05, 0.1) is 24.1 Å². The molecule has 0 radical (unpaired) electrons. The number of aliphatic hydroxyl groups excluding tert-OH is 1. The zero-order valence-corrected chi connectivity index (χ0v) is 13.4. The topological polar surface area (TPSA) is 84.2 Å². The number of carbonyl (C=O) groups excluding carboxylic acids is 2. The van der Waals surface area contributed by atoms with Crippen LogP contribution in [-0.2, 0) is 17.9 Å². The fourth-order valence-corrected chi connectivity index (χ4v) is 2.43. The normalized spacial score (nSPS) is 10.4. The van der Waals surface area contributed by atoms with E-state index in [0.29, 0.717) is 5.56 Å². The van der Waals surface area contributed by atoms with Crippen molar-refractivity contribution in [3.63, 3.8) is 0 Å². The van der Waals surface area contributed by atoms with Crippen LogP contribution in [0.25, 0.3) is 5.69 Å². The van der Waals surface area contributed by atoms with Gasteiger partial charge in [0, 0.05) is 12.7 Å². The van der Waals surface area contributed by atoms with Gasteiger partial charge in [-0.2, -0.15) is 5.10 Å². The van der Waals surface area contributed by atoms with Crippen LogP contribution in [0.5, 0.6) is 0 Å². The minimum Gasteiger partial charge on any atom is -0.392 e. The molecule has 0 aliphatic carbocycles. The molecule has 6 heteroatoms. The molecule has 1 heterocycles. The Morgan fingerprint density at radius 1 is 1.00 bits per heavy atom. The van der Waals surface area contributed by atoms with Crippen LogP contribution >= 0.6 is 0 Å². The number of Topliss-reactive ketones (excluding diaryl/α,β-unsaturated/α-hetero) is 1. The van der Waals surface area contributed by atoms with Gasteiger partial charge >= 0.3 is 0 Å². The summed E-state index contributed by atoms with van der Waals surface area (Å²) in [5.74, 6) is -1.36. The molecule has 0 unspecified atom stereocenters. The van der Waals surface area contributed by atoms with E-state index in [2.05, 4.69) is 10.4 Å². The summed E-state index contributed by atoms with van der Waals surface area (Å²) in [5.41, 5.74) is 2.51. The van der Waals surface area contributed by atoms with E-state index in [-0.39, 0.29) is 18.7 Å². The summed E-state index contributed by atoms with van der Waals surface area (Å²) in [6.07, 6.45) is 2.90. The summed E-state index contributed by atoms with van der Waals surface area (Å²) >= 11 is 0. The predicted molar refractivity (Wildman–Crippen MR) is 92.1 cm³/mol. The Morgan fingerprint density at radius 3 is 2.40 bits per heavy atom. The van der Waals surface area contributed by atoms with Crippen LogP contribution < -0.4 is 5.32 Å². The van der Waals surface area contributed by atoms with Crippen LogP contribution in [0.1, 0.15) is 21.5 Å². The first kappa shape index (κ1) is 16.6. The largest absolute Gasteiger partial charge is 0.392 e. The third-order valence-electron chi connectivity index (χ3n) is 3.80. The Labute approximate surface area is 144 Å². The first-order valence-corrected chi connectivity index (χ1v) is 7.79. The third-order valence-corrected chi connectivity index (χ3v) is 3.80. The summed E-state index contributed by atoms with van der Waals surface area (Å²) in [6.45, 7) is 0.0535. The molecule has 0 bridgehead atoms. The molecular formula is C19H17N3O3. The van der Waals surface area contributed by atoms with Gasteiger partial charge in [-0.25, -0.2) is 4.68 Å². The number of benzene rings is 2. The number of rotatable bonds is 6. The second-order valence-corrected chi connectivity index (χ2v) is 5.45. The van der Waals surface area contributed by atoms with Crippen molar-refractivity contribution in [1.82, 2.24) is 15.1 Å². The Kier molecular flexibility index (Phi) is 5.01. The maximum atomic E-state index is 12.3. The Balaban J connectivity index is 1.67. The van der Waals surface area contributed by atoms with Gasteiger partial charge in [0.25, 0.3) is 11.7 Å². The minimum atomic E-state index is -0.708. The van der Waals surface area contributed by atoms with E-state index in [1.165, 1.54) is 12.4 Å². The molecule has 1 aromatic heterocycles. The fourth-order valence-electron chi connectivity index (χ4n) is 2.43. The van der Waals surface area contributed by atoms with Gasteiger partial charge < -0.3 is 10.4 Å². The summed E-state index contributed by atoms with van der Waals surface area (Å²) in [7, 11) is 0. The highest BCUT2D eigenvalue weighted by molar-refractivity contribution is 6.42. The molecule has 0 saturated carbocycles. The van der Waals surface area contributed by atoms with Crippen LogP contribution in [0.2, 0.25) is 0 Å². The highest BCUT2D eigenvalue weighted by Gasteiger charge is 2.18. The second-order valence-electron chi connectivity index (χ2n) is 5.45. The highest BCUT2D eigenvalue weighted by atomic mass is 16.3. The molecule has 2 aromatic carbocycles. The zero-order chi connectivity index (χ0) is 17.6. The summed E-state index contributed by atoms with van der Waals surface area (Å²) in [4.78, 5) is 24.4. The van der Waals surface area contributed by atoms with Gasteiger partial charge in [-0.15, -0.1) is 0 Å². The van der Waals surface area contributed by atoms with E-state index in [1.807, 2.05) is 36.4 Å². The quantitative estimate of drug-likeness (QED) is 0.532. The van der Waals surface area contributed by atoms with Gasteiger partial charge in [-0.05, 0) is 23.3 Å². The van der Waals surface area contributed by atoms with Crippen molar-refractivity contribution in [3.05, 3.63) is 83.7 Å². The Hall–Kier alpha value is -3.25. The number of ketones is 1. The van der Waals surface area contributed by atoms with Crippen LogP contribution in [0.15, 0.2) is 67.0 Å². The summed E-state index contributed by atoms with van der Waals surface area (Å²) in [6, 6.07) is 16.5. The lowest BCUT2D eigenvalue weighted by molar-refractivity contribution is -0.117. The van der Waals surface area contributed by atoms with E-state index in [1.54, 1.807) is 22.9 Å². The number of para-hydroxylation sites is 1. The predicted octanol–water partition coefficient (Wildman–Crippen LogP) is 1.86. The number of amides is 1. The SMILES string of the molecule is O=C(NCc1ccccc1CO)C(=O)c1cnn(-c2ccccc2)c1. The summed E-state index contributed by atoms with van der Waals surface area (Å²) in [5, 5.41) is 16.0. The van der Waals surface area contributed by atoms with Crippen LogP contribution in [0.4, 0.5) is 0 Å². The van der Waals surface area contributed by atoms with Crippen molar-refractivity contribution in [2.24, 2.45) is 0 Å². The Bertz CT molecular complexity index is 888. The molecule has 6 nitrogen and oxygen atoms in total. The molecular weight excluding hydrogens is 318 g/mol. The monoisotopic (exact) mass is 335 g/mol. The lowest BCUT2D eigenvalue weighted by atomic mass is 10.1. The van der Waals surface area contributed by atoms with Crippen molar-refractivity contribution in [3.8, 4) is 5.69 Å². The van der Waals surface area contributed by atoms with Gasteiger partial charge in [0.2, 0.25) is 0 Å². The van der Waals surface area contributed by atoms with Gasteiger partial charge in [0.1, 0.15) is 0 Å². The molecule has 0 aliphatic heterocycles. The van der Waals surface area contributed by atoms with Crippen molar-refractivity contribution in [2.75, 3.05) is 0 Å². The van der Waals surface area contributed by atoms with Crippen LogP contribution in [0, 0.1) is 0 Å². The number of nitrogens with zero attached hydrogens (tertiary/aromatic N) is 2. The molecule has 0 spiro atoms. The number of hydrogen-bond acceptors (Lipinski definition) is 4. The van der Waals surface area contributed by atoms with Crippen LogP contribution in [0.3, 0.4) is 0 Å². The number of hydrogen-bond donors (Lipinski definition) is 2. The number of aliphatic hydroxyl groups is 1.